The van der Waals surface area contributed by atoms with Gasteiger partial charge in [0.05, 0.1) is 5.54 Å². The number of rotatable bonds is 5. The van der Waals surface area contributed by atoms with Gasteiger partial charge in [0.1, 0.15) is 0 Å². The van der Waals surface area contributed by atoms with Gasteiger partial charge in [0.15, 0.2) is 0 Å². The maximum absolute atomic E-state index is 12.4. The fourth-order valence-corrected chi connectivity index (χ4v) is 2.50. The highest BCUT2D eigenvalue weighted by molar-refractivity contribution is 5.89. The monoisotopic (exact) mass is 326 g/mol. The molecule has 0 aliphatic rings. The Morgan fingerprint density at radius 2 is 1.71 bits per heavy atom. The van der Waals surface area contributed by atoms with Crippen LogP contribution in [0.25, 0.3) is 0 Å². The van der Waals surface area contributed by atoms with Crippen LogP contribution in [0.1, 0.15) is 44.4 Å². The van der Waals surface area contributed by atoms with Gasteiger partial charge in [0.2, 0.25) is 0 Å². The molecule has 0 radical (unpaired) electrons. The molecule has 2 unspecified atom stereocenters. The van der Waals surface area contributed by atoms with Gasteiger partial charge in [0, 0.05) is 17.4 Å². The molecule has 0 fully saturated rings. The van der Waals surface area contributed by atoms with Gasteiger partial charge in [-0.2, -0.15) is 0 Å². The predicted octanol–water partition coefficient (Wildman–Crippen LogP) is 3.74. The molecule has 0 saturated carbocycles. The number of carbonyl (C=O) groups excluding carboxylic acids is 1. The van der Waals surface area contributed by atoms with Crippen LogP contribution in [0, 0.1) is 0 Å². The van der Waals surface area contributed by atoms with Gasteiger partial charge in [-0.1, -0.05) is 31.2 Å². The van der Waals surface area contributed by atoms with E-state index in [0.29, 0.717) is 5.69 Å². The van der Waals surface area contributed by atoms with Crippen molar-refractivity contribution in [2.24, 2.45) is 5.73 Å². The number of hydrogen-bond acceptors (Lipinski definition) is 3. The molecule has 5 nitrogen and oxygen atoms in total. The Balaban J connectivity index is 2.07. The Bertz CT molecular complexity index is 680. The van der Waals surface area contributed by atoms with E-state index in [-0.39, 0.29) is 12.1 Å². The summed E-state index contributed by atoms with van der Waals surface area (Å²) in [6, 6.07) is 14.8. The Morgan fingerprint density at radius 1 is 1.12 bits per heavy atom. The molecule has 2 atom stereocenters. The minimum Gasteiger partial charge on any atom is -0.399 e. The summed E-state index contributed by atoms with van der Waals surface area (Å²) in [5.74, 6) is 0. The summed E-state index contributed by atoms with van der Waals surface area (Å²) >= 11 is 0. The third kappa shape index (κ3) is 4.26. The van der Waals surface area contributed by atoms with E-state index in [4.69, 9.17) is 11.5 Å². The highest BCUT2D eigenvalue weighted by Gasteiger charge is 2.26. The summed E-state index contributed by atoms with van der Waals surface area (Å²) < 4.78 is 0. The molecule has 24 heavy (non-hydrogen) atoms. The van der Waals surface area contributed by atoms with Crippen LogP contribution in [0.4, 0.5) is 16.2 Å². The lowest BCUT2D eigenvalue weighted by atomic mass is 9.89. The lowest BCUT2D eigenvalue weighted by Gasteiger charge is -2.30. The second-order valence-corrected chi connectivity index (χ2v) is 6.30. The summed E-state index contributed by atoms with van der Waals surface area (Å²) in [5.41, 5.74) is 14.6. The summed E-state index contributed by atoms with van der Waals surface area (Å²) in [7, 11) is 0. The van der Waals surface area contributed by atoms with Crippen molar-refractivity contribution in [3.8, 4) is 0 Å². The maximum Gasteiger partial charge on any atom is 0.319 e. The molecule has 2 aromatic carbocycles. The molecule has 6 N–H and O–H groups in total. The molecular weight excluding hydrogens is 300 g/mol. The zero-order chi connectivity index (χ0) is 17.7. The van der Waals surface area contributed by atoms with Crippen molar-refractivity contribution in [1.29, 1.82) is 0 Å². The van der Waals surface area contributed by atoms with Crippen LogP contribution in [-0.2, 0) is 5.54 Å². The maximum atomic E-state index is 12.4. The van der Waals surface area contributed by atoms with E-state index in [1.165, 1.54) is 0 Å². The van der Waals surface area contributed by atoms with Gasteiger partial charge in [-0.3, -0.25) is 0 Å². The lowest BCUT2D eigenvalue weighted by molar-refractivity contribution is 0.238. The Kier molecular flexibility index (Phi) is 5.46. The molecule has 128 valence electrons. The van der Waals surface area contributed by atoms with Crippen LogP contribution in [-0.4, -0.2) is 6.03 Å². The second-order valence-electron chi connectivity index (χ2n) is 6.30. The van der Waals surface area contributed by atoms with Gasteiger partial charge in [-0.25, -0.2) is 4.79 Å². The largest absolute Gasteiger partial charge is 0.399 e. The third-order valence-corrected chi connectivity index (χ3v) is 4.34. The molecule has 0 aromatic heterocycles. The molecule has 0 aliphatic carbocycles. The van der Waals surface area contributed by atoms with E-state index in [0.717, 1.165) is 23.2 Å². The molecule has 2 amide bonds. The lowest BCUT2D eigenvalue weighted by Crippen LogP contribution is -2.45. The highest BCUT2D eigenvalue weighted by Crippen LogP contribution is 2.25. The number of amides is 2. The molecule has 5 heteroatoms. The quantitative estimate of drug-likeness (QED) is 0.631. The van der Waals surface area contributed by atoms with Crippen molar-refractivity contribution in [2.45, 2.75) is 38.8 Å². The van der Waals surface area contributed by atoms with Crippen LogP contribution in [0.3, 0.4) is 0 Å². The van der Waals surface area contributed by atoms with Crippen LogP contribution >= 0.6 is 0 Å². The number of carbonyl (C=O) groups is 1. The Hall–Kier alpha value is -2.53. The van der Waals surface area contributed by atoms with Gasteiger partial charge >= 0.3 is 6.03 Å². The number of nitrogens with one attached hydrogen (secondary N) is 2. The standard InChI is InChI=1S/C19H26N4O/c1-4-19(3,15-7-9-16(21)10-8-15)23-18(24)22-17-11-5-14(6-12-17)13(2)20/h5-13H,4,20-21H2,1-3H3,(H2,22,23,24). The minimum atomic E-state index is -0.469. The van der Waals surface area contributed by atoms with E-state index < -0.39 is 5.54 Å². The van der Waals surface area contributed by atoms with Crippen molar-refractivity contribution in [1.82, 2.24) is 5.32 Å². The number of hydrogen-bond donors (Lipinski definition) is 4. The highest BCUT2D eigenvalue weighted by atomic mass is 16.2. The number of benzene rings is 2. The Labute approximate surface area is 143 Å². The molecule has 0 bridgehead atoms. The van der Waals surface area contributed by atoms with Gasteiger partial charge in [0.25, 0.3) is 0 Å². The summed E-state index contributed by atoms with van der Waals surface area (Å²) in [6.45, 7) is 5.96. The van der Waals surface area contributed by atoms with Crippen LogP contribution < -0.4 is 22.1 Å². The Morgan fingerprint density at radius 3 is 2.21 bits per heavy atom. The SMILES string of the molecule is CCC(C)(NC(=O)Nc1ccc(C(C)N)cc1)c1ccc(N)cc1. The number of anilines is 2. The number of nitrogens with two attached hydrogens (primary N) is 2. The molecule has 0 aliphatic heterocycles. The van der Waals surface area contributed by atoms with E-state index in [1.807, 2.05) is 69.3 Å². The third-order valence-electron chi connectivity index (χ3n) is 4.34. The van der Waals surface area contributed by atoms with Crippen molar-refractivity contribution >= 4 is 17.4 Å². The fourth-order valence-electron chi connectivity index (χ4n) is 2.50. The minimum absolute atomic E-state index is 0.0261. The zero-order valence-corrected chi connectivity index (χ0v) is 14.5. The average molecular weight is 326 g/mol. The molecule has 2 rings (SSSR count). The van der Waals surface area contributed by atoms with E-state index in [1.54, 1.807) is 0 Å². The topological polar surface area (TPSA) is 93.2 Å². The van der Waals surface area contributed by atoms with E-state index >= 15 is 0 Å². The molecular formula is C19H26N4O. The van der Waals surface area contributed by atoms with E-state index in [2.05, 4.69) is 10.6 Å². The normalized spacial score (nSPS) is 14.5. The van der Waals surface area contributed by atoms with Crippen molar-refractivity contribution in [3.05, 3.63) is 59.7 Å². The van der Waals surface area contributed by atoms with Crippen LogP contribution in [0.2, 0.25) is 0 Å². The predicted molar refractivity (Wildman–Crippen MR) is 99.7 cm³/mol. The van der Waals surface area contributed by atoms with Crippen molar-refractivity contribution < 1.29 is 4.79 Å². The zero-order valence-electron chi connectivity index (χ0n) is 14.5. The average Bonchev–Trinajstić information content (AvgIpc) is 2.55. The van der Waals surface area contributed by atoms with Crippen LogP contribution in [0.15, 0.2) is 48.5 Å². The van der Waals surface area contributed by atoms with Crippen molar-refractivity contribution in [3.63, 3.8) is 0 Å². The molecule has 0 saturated heterocycles. The second kappa shape index (κ2) is 7.36. The molecule has 2 aromatic rings. The smallest absolute Gasteiger partial charge is 0.319 e. The van der Waals surface area contributed by atoms with Crippen LogP contribution in [0.5, 0.6) is 0 Å². The molecule has 0 spiro atoms. The summed E-state index contributed by atoms with van der Waals surface area (Å²) in [4.78, 5) is 12.4. The van der Waals surface area contributed by atoms with Crippen molar-refractivity contribution in [2.75, 3.05) is 11.1 Å². The van der Waals surface area contributed by atoms with E-state index in [9.17, 15) is 4.79 Å². The summed E-state index contributed by atoms with van der Waals surface area (Å²) in [6.07, 6.45) is 0.758. The first-order chi connectivity index (χ1) is 11.3. The molecule has 0 heterocycles. The number of urea groups is 1. The van der Waals surface area contributed by atoms with Gasteiger partial charge < -0.3 is 22.1 Å². The first-order valence-electron chi connectivity index (χ1n) is 8.15. The van der Waals surface area contributed by atoms with Gasteiger partial charge in [-0.15, -0.1) is 0 Å². The fraction of sp³-hybridized carbons (Fsp3) is 0.316. The first-order valence-corrected chi connectivity index (χ1v) is 8.15. The number of nitrogen functional groups attached to an aromatic ring is 1. The first kappa shape index (κ1) is 17.8. The van der Waals surface area contributed by atoms with Gasteiger partial charge in [-0.05, 0) is 55.7 Å². The summed E-state index contributed by atoms with van der Waals surface area (Å²) in [5, 5.41) is 5.91.